The molecule has 2 aromatic carbocycles. The number of rotatable bonds is 5. The molecule has 0 radical (unpaired) electrons. The number of aryl methyl sites for hydroxylation is 3. The molecule has 2 N–H and O–H groups in total. The van der Waals surface area contributed by atoms with Gasteiger partial charge >= 0.3 is 5.97 Å². The second-order valence-electron chi connectivity index (χ2n) is 7.40. The van der Waals surface area contributed by atoms with E-state index in [9.17, 15) is 19.7 Å². The molecule has 0 saturated heterocycles. The molecule has 0 bridgehead atoms. The van der Waals surface area contributed by atoms with Crippen LogP contribution in [0.3, 0.4) is 0 Å². The Bertz CT molecular complexity index is 1170. The quantitative estimate of drug-likeness (QED) is 0.376. The Hall–Kier alpha value is -3.68. The molecule has 1 aliphatic rings. The van der Waals surface area contributed by atoms with Crippen LogP contribution in [0.15, 0.2) is 36.4 Å². The van der Waals surface area contributed by atoms with E-state index in [1.807, 2.05) is 6.07 Å². The number of amides is 1. The Balaban J connectivity index is 1.45. The molecular weight excluding hydrogens is 386 g/mol. The third-order valence-electron chi connectivity index (χ3n) is 5.38. The molecule has 0 saturated carbocycles. The summed E-state index contributed by atoms with van der Waals surface area (Å²) in [6.07, 6.45) is 4.27. The standard InChI is InChI=1S/C22H21N3O5/c1-13-5-4-8-19(25(28)29)21(13)24-20(26)12-30-22(27)14-9-10-18-16(11-14)15-6-2-3-7-17(15)23-18/h4-5,8-11,23H,2-3,6-7,12H2,1H3,(H,24,26). The van der Waals surface area contributed by atoms with Crippen molar-refractivity contribution < 1.29 is 19.2 Å². The molecule has 154 valence electrons. The van der Waals surface area contributed by atoms with E-state index >= 15 is 0 Å². The first-order valence-corrected chi connectivity index (χ1v) is 9.78. The predicted molar refractivity (Wildman–Crippen MR) is 112 cm³/mol. The fraction of sp³-hybridized carbons (Fsp3) is 0.273. The predicted octanol–water partition coefficient (Wildman–Crippen LogP) is 4.06. The number of benzene rings is 2. The van der Waals surface area contributed by atoms with Crippen LogP contribution in [0.5, 0.6) is 0 Å². The highest BCUT2D eigenvalue weighted by molar-refractivity contribution is 5.99. The molecule has 0 spiro atoms. The number of hydrogen-bond acceptors (Lipinski definition) is 5. The maximum Gasteiger partial charge on any atom is 0.338 e. The van der Waals surface area contributed by atoms with Gasteiger partial charge in [0.1, 0.15) is 5.69 Å². The number of anilines is 1. The van der Waals surface area contributed by atoms with Crippen molar-refractivity contribution >= 4 is 34.2 Å². The molecule has 0 fully saturated rings. The monoisotopic (exact) mass is 407 g/mol. The molecule has 1 amide bonds. The summed E-state index contributed by atoms with van der Waals surface area (Å²) < 4.78 is 5.14. The van der Waals surface area contributed by atoms with Gasteiger partial charge in [0.15, 0.2) is 6.61 Å². The normalized spacial score (nSPS) is 13.0. The summed E-state index contributed by atoms with van der Waals surface area (Å²) in [6, 6.07) is 9.81. The minimum absolute atomic E-state index is 0.101. The molecule has 30 heavy (non-hydrogen) atoms. The molecule has 0 unspecified atom stereocenters. The average molecular weight is 407 g/mol. The second-order valence-corrected chi connectivity index (χ2v) is 7.40. The first-order chi connectivity index (χ1) is 14.4. The molecule has 0 atom stereocenters. The van der Waals surface area contributed by atoms with Crippen molar-refractivity contribution in [3.05, 3.63) is 68.9 Å². The lowest BCUT2D eigenvalue weighted by atomic mass is 9.95. The lowest BCUT2D eigenvalue weighted by molar-refractivity contribution is -0.384. The molecule has 0 aliphatic heterocycles. The lowest BCUT2D eigenvalue weighted by Crippen LogP contribution is -2.22. The number of aromatic amines is 1. The number of hydrogen-bond donors (Lipinski definition) is 2. The highest BCUT2D eigenvalue weighted by Gasteiger charge is 2.20. The number of para-hydroxylation sites is 1. The van der Waals surface area contributed by atoms with E-state index in [0.717, 1.165) is 36.6 Å². The van der Waals surface area contributed by atoms with Gasteiger partial charge in [0.25, 0.3) is 11.6 Å². The van der Waals surface area contributed by atoms with Gasteiger partial charge in [0, 0.05) is 22.7 Å². The Morgan fingerprint density at radius 1 is 1.20 bits per heavy atom. The van der Waals surface area contributed by atoms with Crippen LogP contribution >= 0.6 is 0 Å². The molecule has 8 heteroatoms. The third kappa shape index (κ3) is 3.76. The van der Waals surface area contributed by atoms with Crippen molar-refractivity contribution in [1.29, 1.82) is 0 Å². The van der Waals surface area contributed by atoms with Crippen molar-refractivity contribution in [1.82, 2.24) is 4.98 Å². The Morgan fingerprint density at radius 2 is 2.00 bits per heavy atom. The largest absolute Gasteiger partial charge is 0.452 e. The number of carbonyl (C=O) groups excluding carboxylic acids is 2. The van der Waals surface area contributed by atoms with Crippen molar-refractivity contribution in [3.8, 4) is 0 Å². The molecule has 3 aromatic rings. The molecule has 1 aromatic heterocycles. The van der Waals surface area contributed by atoms with Gasteiger partial charge in [-0.1, -0.05) is 12.1 Å². The minimum atomic E-state index is -0.638. The average Bonchev–Trinajstić information content (AvgIpc) is 3.11. The molecule has 1 aliphatic carbocycles. The van der Waals surface area contributed by atoms with E-state index in [0.29, 0.717) is 11.1 Å². The molecular formula is C22H21N3O5. The fourth-order valence-electron chi connectivity index (χ4n) is 3.89. The van der Waals surface area contributed by atoms with Crippen molar-refractivity contribution in [2.75, 3.05) is 11.9 Å². The zero-order valence-corrected chi connectivity index (χ0v) is 16.5. The summed E-state index contributed by atoms with van der Waals surface area (Å²) in [6.45, 7) is 1.12. The number of nitro benzene ring substituents is 1. The first kappa shape index (κ1) is 19.6. The summed E-state index contributed by atoms with van der Waals surface area (Å²) in [7, 11) is 0. The highest BCUT2D eigenvalue weighted by Crippen LogP contribution is 2.30. The van der Waals surface area contributed by atoms with E-state index in [2.05, 4.69) is 10.3 Å². The Kier molecular flexibility index (Phi) is 5.22. The van der Waals surface area contributed by atoms with Gasteiger partial charge in [-0.2, -0.15) is 0 Å². The maximum absolute atomic E-state index is 12.5. The first-order valence-electron chi connectivity index (χ1n) is 9.78. The number of nitrogens with one attached hydrogen (secondary N) is 2. The van der Waals surface area contributed by atoms with E-state index in [1.54, 1.807) is 31.2 Å². The van der Waals surface area contributed by atoms with Crippen molar-refractivity contribution in [2.24, 2.45) is 0 Å². The zero-order chi connectivity index (χ0) is 21.3. The van der Waals surface area contributed by atoms with Crippen LogP contribution in [0.1, 0.15) is 40.0 Å². The molecule has 4 rings (SSSR count). The van der Waals surface area contributed by atoms with Crippen LogP contribution in [0.4, 0.5) is 11.4 Å². The van der Waals surface area contributed by atoms with Gasteiger partial charge in [-0.05, 0) is 61.9 Å². The Labute approximate surface area is 172 Å². The number of carbonyl (C=O) groups is 2. The van der Waals surface area contributed by atoms with Crippen LogP contribution in [0.25, 0.3) is 10.9 Å². The summed E-state index contributed by atoms with van der Waals surface area (Å²) >= 11 is 0. The number of aromatic nitrogens is 1. The number of esters is 1. The van der Waals surface area contributed by atoms with Crippen LogP contribution in [-0.2, 0) is 22.4 Å². The van der Waals surface area contributed by atoms with Crippen molar-refractivity contribution in [2.45, 2.75) is 32.6 Å². The third-order valence-corrected chi connectivity index (χ3v) is 5.38. The highest BCUT2D eigenvalue weighted by atomic mass is 16.6. The van der Waals surface area contributed by atoms with Crippen LogP contribution in [-0.4, -0.2) is 28.4 Å². The second kappa shape index (κ2) is 7.98. The fourth-order valence-corrected chi connectivity index (χ4v) is 3.89. The maximum atomic E-state index is 12.5. The van der Waals surface area contributed by atoms with E-state index in [1.165, 1.54) is 17.3 Å². The summed E-state index contributed by atoms with van der Waals surface area (Å²) in [5.41, 5.74) is 4.26. The number of H-pyrrole nitrogens is 1. The summed E-state index contributed by atoms with van der Waals surface area (Å²) in [5, 5.41) is 14.6. The van der Waals surface area contributed by atoms with Gasteiger partial charge < -0.3 is 15.0 Å². The molecule has 8 nitrogen and oxygen atoms in total. The molecule has 1 heterocycles. The smallest absolute Gasteiger partial charge is 0.338 e. The van der Waals surface area contributed by atoms with E-state index in [4.69, 9.17) is 4.74 Å². The van der Waals surface area contributed by atoms with Gasteiger partial charge in [-0.25, -0.2) is 4.79 Å². The topological polar surface area (TPSA) is 114 Å². The minimum Gasteiger partial charge on any atom is -0.452 e. The number of nitrogens with zero attached hydrogens (tertiary/aromatic N) is 1. The summed E-state index contributed by atoms with van der Waals surface area (Å²) in [4.78, 5) is 38.7. The number of ether oxygens (including phenoxy) is 1. The van der Waals surface area contributed by atoms with Crippen LogP contribution < -0.4 is 5.32 Å². The Morgan fingerprint density at radius 3 is 2.80 bits per heavy atom. The summed E-state index contributed by atoms with van der Waals surface area (Å²) in [5.74, 6) is -1.25. The van der Waals surface area contributed by atoms with Crippen molar-refractivity contribution in [3.63, 3.8) is 0 Å². The van der Waals surface area contributed by atoms with Gasteiger partial charge in [-0.3, -0.25) is 14.9 Å². The van der Waals surface area contributed by atoms with Gasteiger partial charge in [-0.15, -0.1) is 0 Å². The van der Waals surface area contributed by atoms with Gasteiger partial charge in [0.2, 0.25) is 0 Å². The SMILES string of the molecule is Cc1cccc([N+](=O)[O-])c1NC(=O)COC(=O)c1ccc2[nH]c3c(c2c1)CCCC3. The van der Waals surface area contributed by atoms with E-state index < -0.39 is 23.4 Å². The van der Waals surface area contributed by atoms with E-state index in [-0.39, 0.29) is 11.4 Å². The number of fused-ring (bicyclic) bond motifs is 3. The number of nitro groups is 1. The van der Waals surface area contributed by atoms with Crippen LogP contribution in [0, 0.1) is 17.0 Å². The zero-order valence-electron chi connectivity index (χ0n) is 16.5. The van der Waals surface area contributed by atoms with Gasteiger partial charge in [0.05, 0.1) is 10.5 Å². The lowest BCUT2D eigenvalue weighted by Gasteiger charge is -2.11. The van der Waals surface area contributed by atoms with Crippen LogP contribution in [0.2, 0.25) is 0 Å².